The molecule has 0 aromatic heterocycles. The van der Waals surface area contributed by atoms with Crippen molar-refractivity contribution in [2.24, 2.45) is 0 Å². The molecule has 1 saturated carbocycles. The molecule has 0 radical (unpaired) electrons. The molecule has 1 aliphatic rings. The first-order chi connectivity index (χ1) is 11.8. The van der Waals surface area contributed by atoms with Gasteiger partial charge < -0.3 is 5.32 Å². The van der Waals surface area contributed by atoms with E-state index in [1.165, 1.54) is 12.1 Å². The Morgan fingerprint density at radius 3 is 2.52 bits per heavy atom. The Balaban J connectivity index is 2.15. The van der Waals surface area contributed by atoms with Crippen molar-refractivity contribution in [3.05, 3.63) is 29.8 Å². The van der Waals surface area contributed by atoms with Gasteiger partial charge in [0.2, 0.25) is 5.91 Å². The molecule has 0 bridgehead atoms. The molecule has 0 saturated heterocycles. The summed E-state index contributed by atoms with van der Waals surface area (Å²) in [4.78, 5) is 25.0. The molecule has 4 nitrogen and oxygen atoms in total. The minimum Gasteiger partial charge on any atom is -0.352 e. The van der Waals surface area contributed by atoms with Gasteiger partial charge in [-0.15, -0.1) is 6.42 Å². The standard InChI is InChI=1S/C18H19F3N2O2/c1-2-17(25)23(12-16(24)22-14-8-4-3-5-9-14)15-10-6-7-13(11-15)18(19,20)21/h1,6-7,10-11,14H,3-5,8-9,12H2,(H,22,24). The zero-order chi connectivity index (χ0) is 18.4. The molecule has 1 fully saturated rings. The van der Waals surface area contributed by atoms with Crippen molar-refractivity contribution < 1.29 is 22.8 Å². The van der Waals surface area contributed by atoms with E-state index in [1.54, 1.807) is 0 Å². The van der Waals surface area contributed by atoms with Crippen LogP contribution in [0.2, 0.25) is 0 Å². The number of benzene rings is 1. The van der Waals surface area contributed by atoms with Crippen molar-refractivity contribution in [1.29, 1.82) is 0 Å². The number of hydrogen-bond acceptors (Lipinski definition) is 2. The molecule has 1 N–H and O–H groups in total. The Hall–Kier alpha value is -2.49. The van der Waals surface area contributed by atoms with E-state index in [9.17, 15) is 22.8 Å². The predicted octanol–water partition coefficient (Wildman–Crippen LogP) is 3.12. The lowest BCUT2D eigenvalue weighted by Gasteiger charge is -2.25. The summed E-state index contributed by atoms with van der Waals surface area (Å²) in [7, 11) is 0. The van der Waals surface area contributed by atoms with E-state index in [0.29, 0.717) is 0 Å². The van der Waals surface area contributed by atoms with Gasteiger partial charge in [0.25, 0.3) is 0 Å². The fourth-order valence-corrected chi connectivity index (χ4v) is 2.87. The van der Waals surface area contributed by atoms with Gasteiger partial charge in [-0.1, -0.05) is 25.3 Å². The van der Waals surface area contributed by atoms with Crippen molar-refractivity contribution in [2.75, 3.05) is 11.4 Å². The van der Waals surface area contributed by atoms with Gasteiger partial charge in [-0.25, -0.2) is 0 Å². The molecule has 0 aliphatic heterocycles. The molecular weight excluding hydrogens is 333 g/mol. The molecule has 0 heterocycles. The van der Waals surface area contributed by atoms with Crippen molar-refractivity contribution in [1.82, 2.24) is 5.32 Å². The van der Waals surface area contributed by atoms with Crippen LogP contribution in [0.25, 0.3) is 0 Å². The fraction of sp³-hybridized carbons (Fsp3) is 0.444. The Morgan fingerprint density at radius 1 is 1.24 bits per heavy atom. The summed E-state index contributed by atoms with van der Waals surface area (Å²) in [6.07, 6.45) is 5.43. The number of carbonyl (C=O) groups excluding carboxylic acids is 2. The molecule has 2 rings (SSSR count). The number of terminal acetylenes is 1. The Morgan fingerprint density at radius 2 is 1.92 bits per heavy atom. The van der Waals surface area contributed by atoms with E-state index < -0.39 is 30.1 Å². The predicted molar refractivity (Wildman–Crippen MR) is 87.6 cm³/mol. The lowest BCUT2D eigenvalue weighted by Crippen LogP contribution is -2.44. The van der Waals surface area contributed by atoms with E-state index in [0.717, 1.165) is 49.1 Å². The van der Waals surface area contributed by atoms with E-state index in [-0.39, 0.29) is 11.7 Å². The number of hydrogen-bond donors (Lipinski definition) is 1. The maximum Gasteiger partial charge on any atom is 0.416 e. The number of halogens is 3. The van der Waals surface area contributed by atoms with Crippen LogP contribution in [0.15, 0.2) is 24.3 Å². The first-order valence-electron chi connectivity index (χ1n) is 8.06. The first-order valence-corrected chi connectivity index (χ1v) is 8.06. The number of nitrogens with zero attached hydrogens (tertiary/aromatic N) is 1. The van der Waals surface area contributed by atoms with E-state index >= 15 is 0 Å². The molecule has 0 spiro atoms. The lowest BCUT2D eigenvalue weighted by molar-refractivity contribution is -0.137. The molecule has 0 atom stereocenters. The van der Waals surface area contributed by atoms with Crippen molar-refractivity contribution in [2.45, 2.75) is 44.3 Å². The highest BCUT2D eigenvalue weighted by molar-refractivity contribution is 6.08. The highest BCUT2D eigenvalue weighted by atomic mass is 19.4. The second-order valence-electron chi connectivity index (χ2n) is 5.99. The Kier molecular flexibility index (Phi) is 6.07. The highest BCUT2D eigenvalue weighted by Crippen LogP contribution is 2.31. The van der Waals surface area contributed by atoms with Gasteiger partial charge in [-0.3, -0.25) is 14.5 Å². The number of carbonyl (C=O) groups is 2. The van der Waals surface area contributed by atoms with Gasteiger partial charge in [-0.2, -0.15) is 13.2 Å². The molecule has 2 amide bonds. The van der Waals surface area contributed by atoms with Crippen molar-refractivity contribution in [3.63, 3.8) is 0 Å². The smallest absolute Gasteiger partial charge is 0.352 e. The number of amides is 2. The normalized spacial score (nSPS) is 15.3. The molecule has 0 unspecified atom stereocenters. The monoisotopic (exact) mass is 352 g/mol. The summed E-state index contributed by atoms with van der Waals surface area (Å²) in [5.41, 5.74) is -0.968. The fourth-order valence-electron chi connectivity index (χ4n) is 2.87. The van der Waals surface area contributed by atoms with Crippen LogP contribution < -0.4 is 10.2 Å². The molecule has 1 aromatic carbocycles. The van der Waals surface area contributed by atoms with Gasteiger partial charge in [-0.05, 0) is 37.0 Å². The Labute approximate surface area is 144 Å². The van der Waals surface area contributed by atoms with Gasteiger partial charge in [0.15, 0.2) is 0 Å². The minimum absolute atomic E-state index is 0.0329. The maximum absolute atomic E-state index is 12.9. The van der Waals surface area contributed by atoms with Gasteiger partial charge in [0.1, 0.15) is 6.54 Å². The number of anilines is 1. The summed E-state index contributed by atoms with van der Waals surface area (Å²) < 4.78 is 38.6. The molecular formula is C18H19F3N2O2. The van der Waals surface area contributed by atoms with Gasteiger partial charge in [0, 0.05) is 11.7 Å². The van der Waals surface area contributed by atoms with Gasteiger partial charge >= 0.3 is 12.1 Å². The lowest BCUT2D eigenvalue weighted by atomic mass is 9.95. The highest BCUT2D eigenvalue weighted by Gasteiger charge is 2.31. The van der Waals surface area contributed by atoms with Crippen molar-refractivity contribution >= 4 is 17.5 Å². The van der Waals surface area contributed by atoms with Crippen LogP contribution in [-0.2, 0) is 15.8 Å². The second kappa shape index (κ2) is 8.06. The average molecular weight is 352 g/mol. The van der Waals surface area contributed by atoms with Crippen LogP contribution in [0.4, 0.5) is 18.9 Å². The van der Waals surface area contributed by atoms with Crippen LogP contribution in [0.3, 0.4) is 0 Å². The SMILES string of the molecule is C#CC(=O)N(CC(=O)NC1CCCCC1)c1cccc(C(F)(F)F)c1. The molecule has 1 aliphatic carbocycles. The van der Waals surface area contributed by atoms with Crippen LogP contribution in [0.1, 0.15) is 37.7 Å². The summed E-state index contributed by atoms with van der Waals surface area (Å²) in [5.74, 6) is 0.557. The maximum atomic E-state index is 12.9. The molecule has 7 heteroatoms. The van der Waals surface area contributed by atoms with Crippen LogP contribution in [0, 0.1) is 12.3 Å². The molecule has 1 aromatic rings. The van der Waals surface area contributed by atoms with Crippen molar-refractivity contribution in [3.8, 4) is 12.3 Å². The average Bonchev–Trinajstić information content (AvgIpc) is 2.59. The number of alkyl halides is 3. The third kappa shape index (κ3) is 5.24. The van der Waals surface area contributed by atoms with E-state index in [4.69, 9.17) is 6.42 Å². The van der Waals surface area contributed by atoms with Crippen LogP contribution >= 0.6 is 0 Å². The summed E-state index contributed by atoms with van der Waals surface area (Å²) in [6.45, 7) is -0.416. The minimum atomic E-state index is -4.55. The zero-order valence-corrected chi connectivity index (χ0v) is 13.6. The summed E-state index contributed by atoms with van der Waals surface area (Å²) >= 11 is 0. The quantitative estimate of drug-likeness (QED) is 0.847. The van der Waals surface area contributed by atoms with Crippen LogP contribution in [0.5, 0.6) is 0 Å². The van der Waals surface area contributed by atoms with Gasteiger partial charge in [0.05, 0.1) is 5.56 Å². The number of rotatable bonds is 4. The molecule has 25 heavy (non-hydrogen) atoms. The summed E-state index contributed by atoms with van der Waals surface area (Å²) in [5, 5.41) is 2.82. The third-order valence-corrected chi connectivity index (χ3v) is 4.13. The van der Waals surface area contributed by atoms with Crippen LogP contribution in [-0.4, -0.2) is 24.4 Å². The molecule has 134 valence electrons. The Bertz CT molecular complexity index is 674. The summed E-state index contributed by atoms with van der Waals surface area (Å²) in [6, 6.07) is 4.23. The zero-order valence-electron chi connectivity index (χ0n) is 13.6. The van der Waals surface area contributed by atoms with E-state index in [1.807, 2.05) is 5.92 Å². The number of nitrogens with one attached hydrogen (secondary N) is 1. The van der Waals surface area contributed by atoms with E-state index in [2.05, 4.69) is 5.32 Å². The largest absolute Gasteiger partial charge is 0.416 e. The first kappa shape index (κ1) is 18.8. The second-order valence-corrected chi connectivity index (χ2v) is 5.99. The third-order valence-electron chi connectivity index (χ3n) is 4.13. The topological polar surface area (TPSA) is 49.4 Å².